The predicted octanol–water partition coefficient (Wildman–Crippen LogP) is 1.77. The van der Waals surface area contributed by atoms with E-state index in [1.165, 1.54) is 18.1 Å². The smallest absolute Gasteiger partial charge is 0.273 e. The molecule has 0 bridgehead atoms. The number of carbonyl (C=O) groups is 1. The van der Waals surface area contributed by atoms with Crippen molar-refractivity contribution in [2.24, 2.45) is 5.16 Å². The Balaban J connectivity index is 1.51. The first kappa shape index (κ1) is 15.0. The second-order valence-corrected chi connectivity index (χ2v) is 5.27. The van der Waals surface area contributed by atoms with Gasteiger partial charge >= 0.3 is 0 Å². The molecule has 1 aliphatic rings. The summed E-state index contributed by atoms with van der Waals surface area (Å²) in [6, 6.07) is 10.1. The van der Waals surface area contributed by atoms with Crippen LogP contribution in [0.15, 0.2) is 48.0 Å². The van der Waals surface area contributed by atoms with Crippen molar-refractivity contribution in [3.8, 4) is 0 Å². The first-order chi connectivity index (χ1) is 11.2. The molecule has 0 fully saturated rings. The van der Waals surface area contributed by atoms with Crippen molar-refractivity contribution in [3.05, 3.63) is 48.4 Å². The number of hydrogen-bond acceptors (Lipinski definition) is 6. The lowest BCUT2D eigenvalue weighted by Gasteiger charge is -2.08. The highest BCUT2D eigenvalue weighted by Gasteiger charge is 2.26. The number of aromatic nitrogens is 2. The summed E-state index contributed by atoms with van der Waals surface area (Å²) >= 11 is 0. The Bertz CT molecular complexity index is 717. The zero-order chi connectivity index (χ0) is 16.1. The van der Waals surface area contributed by atoms with E-state index in [1.54, 1.807) is 0 Å². The molecule has 7 nitrogen and oxygen atoms in total. The molecule has 1 aliphatic heterocycles. The lowest BCUT2D eigenvalue weighted by molar-refractivity contribution is -0.110. The molecule has 2 heterocycles. The number of nitrogens with two attached hydrogens (primary N) is 1. The summed E-state index contributed by atoms with van der Waals surface area (Å²) in [4.78, 5) is 25.1. The van der Waals surface area contributed by atoms with Crippen molar-refractivity contribution in [2.45, 2.75) is 25.4 Å². The first-order valence-corrected chi connectivity index (χ1v) is 7.36. The van der Waals surface area contributed by atoms with E-state index in [-0.39, 0.29) is 17.8 Å². The van der Waals surface area contributed by atoms with Gasteiger partial charge in [-0.15, -0.1) is 0 Å². The van der Waals surface area contributed by atoms with E-state index in [2.05, 4.69) is 32.6 Å². The van der Waals surface area contributed by atoms with Gasteiger partial charge in [-0.1, -0.05) is 35.5 Å². The van der Waals surface area contributed by atoms with Crippen LogP contribution in [-0.2, 0) is 16.1 Å². The molecule has 0 saturated carbocycles. The topological polar surface area (TPSA) is 102 Å². The van der Waals surface area contributed by atoms with Crippen LogP contribution in [0.3, 0.4) is 0 Å². The fourth-order valence-electron chi connectivity index (χ4n) is 2.32. The van der Waals surface area contributed by atoms with Gasteiger partial charge in [-0.25, -0.2) is 9.97 Å². The molecule has 23 heavy (non-hydrogen) atoms. The summed E-state index contributed by atoms with van der Waals surface area (Å²) in [7, 11) is 0. The van der Waals surface area contributed by atoms with Crippen LogP contribution in [0.2, 0.25) is 0 Å². The normalized spacial score (nSPS) is 16.5. The number of carbonyl (C=O) groups excluding carboxylic acids is 1. The van der Waals surface area contributed by atoms with E-state index in [1.807, 2.05) is 18.2 Å². The molecule has 1 aromatic carbocycles. The van der Waals surface area contributed by atoms with Crippen LogP contribution in [0.4, 0.5) is 11.5 Å². The van der Waals surface area contributed by atoms with E-state index < -0.39 is 0 Å². The van der Waals surface area contributed by atoms with E-state index >= 15 is 0 Å². The van der Waals surface area contributed by atoms with E-state index in [0.29, 0.717) is 17.8 Å². The summed E-state index contributed by atoms with van der Waals surface area (Å²) in [5.74, 6) is -0.123. The average molecular weight is 311 g/mol. The van der Waals surface area contributed by atoms with E-state index in [4.69, 9.17) is 10.6 Å². The Morgan fingerprint density at radius 1 is 1.35 bits per heavy atom. The lowest BCUT2D eigenvalue weighted by Crippen LogP contribution is -2.24. The number of aryl methyl sites for hydroxylation is 1. The molecule has 0 spiro atoms. The van der Waals surface area contributed by atoms with Crippen molar-refractivity contribution < 1.29 is 9.63 Å². The van der Waals surface area contributed by atoms with Crippen LogP contribution in [0.25, 0.3) is 0 Å². The largest absolute Gasteiger partial charge is 0.392 e. The first-order valence-electron chi connectivity index (χ1n) is 7.36. The van der Waals surface area contributed by atoms with Crippen molar-refractivity contribution >= 4 is 23.1 Å². The second kappa shape index (κ2) is 6.87. The third kappa shape index (κ3) is 3.82. The van der Waals surface area contributed by atoms with Crippen LogP contribution >= 0.6 is 0 Å². The summed E-state index contributed by atoms with van der Waals surface area (Å²) in [6.45, 7) is 0. The van der Waals surface area contributed by atoms with E-state index in [9.17, 15) is 4.79 Å². The maximum atomic E-state index is 12.2. The van der Waals surface area contributed by atoms with Gasteiger partial charge < -0.3 is 15.9 Å². The van der Waals surface area contributed by atoms with Crippen molar-refractivity contribution in [1.29, 1.82) is 0 Å². The summed E-state index contributed by atoms with van der Waals surface area (Å²) < 4.78 is 0. The number of rotatable bonds is 5. The highest BCUT2D eigenvalue weighted by Crippen LogP contribution is 2.19. The molecule has 3 rings (SSSR count). The number of nitrogens with zero attached hydrogens (tertiary/aromatic N) is 3. The molecule has 7 heteroatoms. The van der Waals surface area contributed by atoms with Gasteiger partial charge in [-0.2, -0.15) is 0 Å². The minimum absolute atomic E-state index is 0.0830. The molecule has 0 saturated heterocycles. The maximum Gasteiger partial charge on any atom is 0.273 e. The quantitative estimate of drug-likeness (QED) is 0.876. The predicted molar refractivity (Wildman–Crippen MR) is 86.8 cm³/mol. The van der Waals surface area contributed by atoms with E-state index in [0.717, 1.165) is 12.8 Å². The van der Waals surface area contributed by atoms with Gasteiger partial charge in [0.2, 0.25) is 0 Å². The van der Waals surface area contributed by atoms with Crippen LogP contribution in [0.5, 0.6) is 0 Å². The van der Waals surface area contributed by atoms with Crippen LogP contribution in [0.1, 0.15) is 18.4 Å². The Kier molecular flexibility index (Phi) is 4.46. The summed E-state index contributed by atoms with van der Waals surface area (Å²) in [5.41, 5.74) is 7.63. The Morgan fingerprint density at radius 3 is 2.96 bits per heavy atom. The SMILES string of the molecule is Nc1ncncc1NC(=O)C1=NOC(CCc2ccccc2)C1. The van der Waals surface area contributed by atoms with Gasteiger partial charge in [0.05, 0.1) is 6.20 Å². The average Bonchev–Trinajstić information content (AvgIpc) is 3.05. The molecular weight excluding hydrogens is 294 g/mol. The molecule has 1 aromatic heterocycles. The maximum absolute atomic E-state index is 12.2. The Hall–Kier alpha value is -2.96. The highest BCUT2D eigenvalue weighted by atomic mass is 16.6. The van der Waals surface area contributed by atoms with Gasteiger partial charge in [-0.3, -0.25) is 4.79 Å². The summed E-state index contributed by atoms with van der Waals surface area (Å²) in [5, 5.41) is 6.52. The standard InChI is InChI=1S/C16H17N5O2/c17-15-14(9-18-10-19-15)20-16(22)13-8-12(23-21-13)7-6-11-4-2-1-3-5-11/h1-5,9-10,12H,6-8H2,(H,20,22)(H2,17,18,19). The minimum Gasteiger partial charge on any atom is -0.392 e. The number of anilines is 2. The van der Waals surface area contributed by atoms with Crippen LogP contribution in [-0.4, -0.2) is 27.7 Å². The molecule has 1 amide bonds. The van der Waals surface area contributed by atoms with Gasteiger partial charge in [0.25, 0.3) is 5.91 Å². The Morgan fingerprint density at radius 2 is 2.17 bits per heavy atom. The molecule has 1 unspecified atom stereocenters. The Labute approximate surface area is 133 Å². The highest BCUT2D eigenvalue weighted by molar-refractivity contribution is 6.43. The van der Waals surface area contributed by atoms with Gasteiger partial charge in [0.15, 0.2) is 5.82 Å². The van der Waals surface area contributed by atoms with Gasteiger partial charge in [0.1, 0.15) is 23.8 Å². The van der Waals surface area contributed by atoms with Crippen molar-refractivity contribution in [3.63, 3.8) is 0 Å². The molecular formula is C16H17N5O2. The number of oxime groups is 1. The van der Waals surface area contributed by atoms with Gasteiger partial charge in [0, 0.05) is 6.42 Å². The molecule has 118 valence electrons. The summed E-state index contributed by atoms with van der Waals surface area (Å²) in [6.07, 6.45) is 4.85. The number of nitrogen functional groups attached to an aromatic ring is 1. The number of nitrogens with one attached hydrogen (secondary N) is 1. The van der Waals surface area contributed by atoms with Crippen LogP contribution < -0.4 is 11.1 Å². The third-order valence-corrected chi connectivity index (χ3v) is 3.58. The molecule has 3 N–H and O–H groups in total. The van der Waals surface area contributed by atoms with Crippen molar-refractivity contribution in [1.82, 2.24) is 9.97 Å². The lowest BCUT2D eigenvalue weighted by atomic mass is 10.0. The number of amides is 1. The fraction of sp³-hybridized carbons (Fsp3) is 0.250. The fourth-order valence-corrected chi connectivity index (χ4v) is 2.32. The molecule has 1 atom stereocenters. The zero-order valence-corrected chi connectivity index (χ0v) is 12.5. The zero-order valence-electron chi connectivity index (χ0n) is 12.5. The monoisotopic (exact) mass is 311 g/mol. The minimum atomic E-state index is -0.339. The molecule has 0 aliphatic carbocycles. The number of benzene rings is 1. The van der Waals surface area contributed by atoms with Gasteiger partial charge in [-0.05, 0) is 18.4 Å². The number of hydrogen-bond donors (Lipinski definition) is 2. The molecule has 2 aromatic rings. The van der Waals surface area contributed by atoms with Crippen LogP contribution in [0, 0.1) is 0 Å². The second-order valence-electron chi connectivity index (χ2n) is 5.27. The molecule has 0 radical (unpaired) electrons. The third-order valence-electron chi connectivity index (χ3n) is 3.58. The van der Waals surface area contributed by atoms with Crippen molar-refractivity contribution in [2.75, 3.05) is 11.1 Å².